The van der Waals surface area contributed by atoms with Crippen molar-refractivity contribution in [1.82, 2.24) is 15.6 Å². The Kier molecular flexibility index (Phi) is 8.14. The zero-order chi connectivity index (χ0) is 18.1. The molecule has 2 amide bonds. The number of amides is 2. The van der Waals surface area contributed by atoms with E-state index in [1.165, 1.54) is 6.21 Å². The van der Waals surface area contributed by atoms with Crippen LogP contribution >= 0.6 is 23.2 Å². The molecule has 0 atom stereocenters. The van der Waals surface area contributed by atoms with Crippen LogP contribution in [0.3, 0.4) is 0 Å². The van der Waals surface area contributed by atoms with Crippen LogP contribution in [-0.2, 0) is 14.3 Å². The molecular formula is C16H20Cl2N4O3. The van der Waals surface area contributed by atoms with Gasteiger partial charge in [-0.3, -0.25) is 14.5 Å². The van der Waals surface area contributed by atoms with E-state index < -0.39 is 11.8 Å². The van der Waals surface area contributed by atoms with Crippen LogP contribution in [0.1, 0.15) is 12.0 Å². The van der Waals surface area contributed by atoms with E-state index in [9.17, 15) is 9.59 Å². The minimum Gasteiger partial charge on any atom is -0.379 e. The first kappa shape index (κ1) is 19.7. The number of nitrogens with zero attached hydrogens (tertiary/aromatic N) is 2. The number of nitrogens with one attached hydrogen (secondary N) is 2. The summed E-state index contributed by atoms with van der Waals surface area (Å²) in [6.45, 7) is 4.57. The van der Waals surface area contributed by atoms with Crippen molar-refractivity contribution in [2.24, 2.45) is 5.10 Å². The second-order valence-corrected chi connectivity index (χ2v) is 6.27. The number of halogens is 2. The Hall–Kier alpha value is -1.67. The first-order chi connectivity index (χ1) is 12.1. The molecule has 1 aromatic rings. The topological polar surface area (TPSA) is 83.0 Å². The van der Waals surface area contributed by atoms with Crippen LogP contribution in [0.15, 0.2) is 23.3 Å². The highest BCUT2D eigenvalue weighted by atomic mass is 35.5. The number of benzene rings is 1. The quantitative estimate of drug-likeness (QED) is 0.334. The minimum atomic E-state index is -0.826. The Morgan fingerprint density at radius 2 is 2.00 bits per heavy atom. The predicted molar refractivity (Wildman–Crippen MR) is 97.1 cm³/mol. The van der Waals surface area contributed by atoms with E-state index in [-0.39, 0.29) is 0 Å². The fourth-order valence-electron chi connectivity index (χ4n) is 2.23. The molecule has 0 aromatic heterocycles. The number of ether oxygens (including phenoxy) is 1. The number of rotatable bonds is 6. The van der Waals surface area contributed by atoms with Gasteiger partial charge in [-0.25, -0.2) is 5.43 Å². The van der Waals surface area contributed by atoms with Crippen molar-refractivity contribution in [1.29, 1.82) is 0 Å². The largest absolute Gasteiger partial charge is 0.379 e. The van der Waals surface area contributed by atoms with E-state index in [1.54, 1.807) is 18.2 Å². The highest BCUT2D eigenvalue weighted by Crippen LogP contribution is 2.19. The van der Waals surface area contributed by atoms with Gasteiger partial charge in [0.25, 0.3) is 0 Å². The van der Waals surface area contributed by atoms with E-state index in [2.05, 4.69) is 20.7 Å². The highest BCUT2D eigenvalue weighted by molar-refractivity contribution is 6.36. The molecule has 0 saturated carbocycles. The fourth-order valence-corrected chi connectivity index (χ4v) is 2.68. The van der Waals surface area contributed by atoms with Gasteiger partial charge < -0.3 is 10.1 Å². The van der Waals surface area contributed by atoms with Crippen molar-refractivity contribution in [3.05, 3.63) is 33.8 Å². The summed E-state index contributed by atoms with van der Waals surface area (Å²) in [5, 5.41) is 7.19. The summed E-state index contributed by atoms with van der Waals surface area (Å²) in [7, 11) is 0. The van der Waals surface area contributed by atoms with Gasteiger partial charge in [-0.15, -0.1) is 0 Å². The van der Waals surface area contributed by atoms with Crippen molar-refractivity contribution in [2.45, 2.75) is 6.42 Å². The predicted octanol–water partition coefficient (Wildman–Crippen LogP) is 1.28. The van der Waals surface area contributed by atoms with Gasteiger partial charge in [0.15, 0.2) is 0 Å². The Bertz CT molecular complexity index is 634. The number of hydrogen-bond donors (Lipinski definition) is 2. The summed E-state index contributed by atoms with van der Waals surface area (Å²) in [6.07, 6.45) is 2.12. The van der Waals surface area contributed by atoms with Gasteiger partial charge in [0.05, 0.1) is 24.5 Å². The molecule has 1 aromatic carbocycles. The fraction of sp³-hybridized carbons (Fsp3) is 0.438. The monoisotopic (exact) mass is 386 g/mol. The van der Waals surface area contributed by atoms with E-state index in [0.29, 0.717) is 22.2 Å². The van der Waals surface area contributed by atoms with Gasteiger partial charge in [-0.2, -0.15) is 5.10 Å². The molecule has 9 heteroatoms. The third-order valence-corrected chi connectivity index (χ3v) is 4.14. The van der Waals surface area contributed by atoms with Crippen molar-refractivity contribution >= 4 is 41.2 Å². The molecule has 1 heterocycles. The van der Waals surface area contributed by atoms with Crippen molar-refractivity contribution in [3.8, 4) is 0 Å². The summed E-state index contributed by atoms with van der Waals surface area (Å²) >= 11 is 11.8. The van der Waals surface area contributed by atoms with Crippen LogP contribution in [0, 0.1) is 0 Å². The molecule has 2 rings (SSSR count). The molecule has 1 fully saturated rings. The van der Waals surface area contributed by atoms with Crippen LogP contribution in [0.5, 0.6) is 0 Å². The maximum atomic E-state index is 11.7. The molecule has 2 N–H and O–H groups in total. The lowest BCUT2D eigenvalue weighted by molar-refractivity contribution is -0.139. The summed E-state index contributed by atoms with van der Waals surface area (Å²) in [5.41, 5.74) is 2.74. The van der Waals surface area contributed by atoms with Gasteiger partial charge in [-0.1, -0.05) is 29.3 Å². The molecule has 1 aliphatic heterocycles. The summed E-state index contributed by atoms with van der Waals surface area (Å²) < 4.78 is 5.27. The van der Waals surface area contributed by atoms with E-state index in [4.69, 9.17) is 27.9 Å². The molecule has 0 unspecified atom stereocenters. The standard InChI is InChI=1S/C16H20Cl2N4O3/c17-13-3-2-12(14(18)10-13)11-20-21-16(24)15(23)19-4-1-5-22-6-8-25-9-7-22/h2-3,10-11H,1,4-9H2,(H,19,23)(H,21,24). The van der Waals surface area contributed by atoms with Crippen LogP contribution in [-0.4, -0.2) is 62.3 Å². The van der Waals surface area contributed by atoms with Gasteiger partial charge >= 0.3 is 11.8 Å². The maximum absolute atomic E-state index is 11.7. The Morgan fingerprint density at radius 1 is 1.24 bits per heavy atom. The summed E-state index contributed by atoms with van der Waals surface area (Å²) in [4.78, 5) is 25.6. The Labute approximate surface area is 156 Å². The first-order valence-electron chi connectivity index (χ1n) is 7.92. The average molecular weight is 387 g/mol. The van der Waals surface area contributed by atoms with Crippen LogP contribution < -0.4 is 10.7 Å². The van der Waals surface area contributed by atoms with Gasteiger partial charge in [0.2, 0.25) is 0 Å². The van der Waals surface area contributed by atoms with E-state index >= 15 is 0 Å². The number of hydrogen-bond acceptors (Lipinski definition) is 5. The van der Waals surface area contributed by atoms with Crippen LogP contribution in [0.4, 0.5) is 0 Å². The number of hydrazone groups is 1. The molecule has 0 aliphatic carbocycles. The molecule has 1 saturated heterocycles. The van der Waals surface area contributed by atoms with E-state index in [1.807, 2.05) is 0 Å². The van der Waals surface area contributed by atoms with Gasteiger partial charge in [0, 0.05) is 30.2 Å². The third-order valence-electron chi connectivity index (χ3n) is 3.58. The molecule has 136 valence electrons. The lowest BCUT2D eigenvalue weighted by atomic mass is 10.2. The SMILES string of the molecule is O=C(NCCCN1CCOCC1)C(=O)NN=Cc1ccc(Cl)cc1Cl. The zero-order valence-corrected chi connectivity index (χ0v) is 15.1. The molecule has 25 heavy (non-hydrogen) atoms. The molecule has 0 radical (unpaired) electrons. The van der Waals surface area contributed by atoms with Gasteiger partial charge in [-0.05, 0) is 25.1 Å². The molecule has 1 aliphatic rings. The van der Waals surface area contributed by atoms with Crippen molar-refractivity contribution in [2.75, 3.05) is 39.4 Å². The molecular weight excluding hydrogens is 367 g/mol. The lowest BCUT2D eigenvalue weighted by Crippen LogP contribution is -2.40. The third kappa shape index (κ3) is 6.99. The first-order valence-corrected chi connectivity index (χ1v) is 8.68. The smallest absolute Gasteiger partial charge is 0.329 e. The van der Waals surface area contributed by atoms with Crippen molar-refractivity contribution in [3.63, 3.8) is 0 Å². The highest BCUT2D eigenvalue weighted by Gasteiger charge is 2.13. The van der Waals surface area contributed by atoms with Crippen molar-refractivity contribution < 1.29 is 14.3 Å². The minimum absolute atomic E-state index is 0.401. The van der Waals surface area contributed by atoms with E-state index in [0.717, 1.165) is 39.3 Å². The van der Waals surface area contributed by atoms with Gasteiger partial charge in [0.1, 0.15) is 0 Å². The maximum Gasteiger partial charge on any atom is 0.329 e. The lowest BCUT2D eigenvalue weighted by Gasteiger charge is -2.26. The molecule has 0 spiro atoms. The second-order valence-electron chi connectivity index (χ2n) is 5.43. The molecule has 0 bridgehead atoms. The Balaban J connectivity index is 1.65. The number of carbonyl (C=O) groups excluding carboxylic acids is 2. The Morgan fingerprint density at radius 3 is 2.72 bits per heavy atom. The molecule has 7 nitrogen and oxygen atoms in total. The number of morpholine rings is 1. The zero-order valence-electron chi connectivity index (χ0n) is 13.6. The van der Waals surface area contributed by atoms with Crippen LogP contribution in [0.25, 0.3) is 0 Å². The normalized spacial score (nSPS) is 15.3. The number of carbonyl (C=O) groups is 2. The summed E-state index contributed by atoms with van der Waals surface area (Å²) in [6, 6.07) is 4.87. The summed E-state index contributed by atoms with van der Waals surface area (Å²) in [5.74, 6) is -1.55. The second kappa shape index (κ2) is 10.4. The average Bonchev–Trinajstić information content (AvgIpc) is 2.61. The van der Waals surface area contributed by atoms with Crippen LogP contribution in [0.2, 0.25) is 10.0 Å².